The Kier molecular flexibility index (Phi) is 3.70. The fourth-order valence-electron chi connectivity index (χ4n) is 2.15. The van der Waals surface area contributed by atoms with Crippen LogP contribution in [-0.2, 0) is 23.7 Å². The Bertz CT molecular complexity index is 1020. The molecule has 1 aromatic heterocycles. The number of rotatable bonds is 4. The fraction of sp³-hybridized carbons (Fsp3) is 0.133. The lowest BCUT2D eigenvalue weighted by atomic mass is 10.2. The van der Waals surface area contributed by atoms with E-state index in [9.17, 15) is 13.2 Å². The summed E-state index contributed by atoms with van der Waals surface area (Å²) in [7, 11) is -2.08. The van der Waals surface area contributed by atoms with Crippen molar-refractivity contribution in [2.45, 2.75) is 11.5 Å². The molecule has 1 heterocycles. The standard InChI is InChI=1S/C15H14N2O5S/c1-17-13-8-10(2-7-14(13)22-15(17)18)9-21-11-3-5-12(6-4-11)23(16,19)20/h2-8H,9H2,1H3,(H2,16,19,20). The third-order valence-electron chi connectivity index (χ3n) is 3.41. The number of primary sulfonamides is 1. The maximum atomic E-state index is 11.4. The van der Waals surface area contributed by atoms with E-state index in [1.165, 1.54) is 28.8 Å². The van der Waals surface area contributed by atoms with Crippen LogP contribution < -0.4 is 15.6 Å². The second-order valence-corrected chi connectivity index (χ2v) is 6.60. The molecule has 0 fully saturated rings. The monoisotopic (exact) mass is 334 g/mol. The summed E-state index contributed by atoms with van der Waals surface area (Å²) in [5.74, 6) is 0.0928. The highest BCUT2D eigenvalue weighted by atomic mass is 32.2. The summed E-state index contributed by atoms with van der Waals surface area (Å²) in [5.41, 5.74) is 2.05. The number of nitrogens with zero attached hydrogens (tertiary/aromatic N) is 1. The van der Waals surface area contributed by atoms with Crippen molar-refractivity contribution >= 4 is 21.1 Å². The van der Waals surface area contributed by atoms with Crippen molar-refractivity contribution in [1.82, 2.24) is 4.57 Å². The summed E-state index contributed by atoms with van der Waals surface area (Å²) < 4.78 is 34.4. The Morgan fingerprint density at radius 2 is 1.87 bits per heavy atom. The Morgan fingerprint density at radius 3 is 2.52 bits per heavy atom. The lowest BCUT2D eigenvalue weighted by molar-refractivity contribution is 0.306. The van der Waals surface area contributed by atoms with E-state index >= 15 is 0 Å². The Balaban J connectivity index is 1.78. The minimum atomic E-state index is -3.71. The van der Waals surface area contributed by atoms with Crippen LogP contribution in [0.15, 0.2) is 56.6 Å². The molecule has 0 bridgehead atoms. The van der Waals surface area contributed by atoms with E-state index in [2.05, 4.69) is 0 Å². The van der Waals surface area contributed by atoms with Crippen LogP contribution in [0.25, 0.3) is 11.1 Å². The Morgan fingerprint density at radius 1 is 1.17 bits per heavy atom. The minimum absolute atomic E-state index is 0.0275. The molecule has 0 aliphatic heterocycles. The first-order chi connectivity index (χ1) is 10.8. The van der Waals surface area contributed by atoms with Crippen molar-refractivity contribution < 1.29 is 17.6 Å². The number of fused-ring (bicyclic) bond motifs is 1. The van der Waals surface area contributed by atoms with Crippen LogP contribution in [0.1, 0.15) is 5.56 Å². The SMILES string of the molecule is Cn1c(=O)oc2ccc(COc3ccc(S(N)(=O)=O)cc3)cc21. The molecule has 3 aromatic rings. The maximum Gasteiger partial charge on any atom is 0.419 e. The van der Waals surface area contributed by atoms with Crippen LogP contribution in [0.4, 0.5) is 0 Å². The number of aromatic nitrogens is 1. The van der Waals surface area contributed by atoms with Gasteiger partial charge in [0.2, 0.25) is 10.0 Å². The van der Waals surface area contributed by atoms with Crippen molar-refractivity contribution in [1.29, 1.82) is 0 Å². The molecule has 3 rings (SSSR count). The van der Waals surface area contributed by atoms with Gasteiger partial charge in [0.1, 0.15) is 12.4 Å². The summed E-state index contributed by atoms with van der Waals surface area (Å²) in [4.78, 5) is 11.5. The zero-order valence-corrected chi connectivity index (χ0v) is 13.0. The normalized spacial score (nSPS) is 11.7. The zero-order valence-electron chi connectivity index (χ0n) is 12.2. The number of aryl methyl sites for hydroxylation is 1. The molecule has 0 aliphatic rings. The van der Waals surface area contributed by atoms with E-state index in [-0.39, 0.29) is 11.5 Å². The lowest BCUT2D eigenvalue weighted by Crippen LogP contribution is -2.11. The molecule has 2 N–H and O–H groups in total. The first kappa shape index (κ1) is 15.3. The summed E-state index contributed by atoms with van der Waals surface area (Å²) in [6, 6.07) is 11.1. The van der Waals surface area contributed by atoms with Gasteiger partial charge < -0.3 is 9.15 Å². The van der Waals surface area contributed by atoms with Crippen LogP contribution in [0.5, 0.6) is 5.75 Å². The average molecular weight is 334 g/mol. The van der Waals surface area contributed by atoms with Gasteiger partial charge in [0.25, 0.3) is 0 Å². The molecule has 0 atom stereocenters. The van der Waals surface area contributed by atoms with Gasteiger partial charge in [0, 0.05) is 7.05 Å². The number of hydrogen-bond acceptors (Lipinski definition) is 5. The molecule has 0 amide bonds. The molecule has 0 spiro atoms. The first-order valence-electron chi connectivity index (χ1n) is 6.69. The molecule has 2 aromatic carbocycles. The fourth-order valence-corrected chi connectivity index (χ4v) is 2.67. The summed E-state index contributed by atoms with van der Waals surface area (Å²) in [6.07, 6.45) is 0. The Labute approximate surface area is 131 Å². The van der Waals surface area contributed by atoms with Crippen molar-refractivity contribution in [3.05, 3.63) is 58.6 Å². The number of ether oxygens (including phenoxy) is 1. The van der Waals surface area contributed by atoms with Crippen LogP contribution in [0.2, 0.25) is 0 Å². The highest BCUT2D eigenvalue weighted by Crippen LogP contribution is 2.18. The summed E-state index contributed by atoms with van der Waals surface area (Å²) in [5, 5.41) is 5.04. The van der Waals surface area contributed by atoms with Crippen LogP contribution in [0, 0.1) is 0 Å². The summed E-state index contributed by atoms with van der Waals surface area (Å²) >= 11 is 0. The highest BCUT2D eigenvalue weighted by molar-refractivity contribution is 7.89. The van der Waals surface area contributed by atoms with Gasteiger partial charge >= 0.3 is 5.76 Å². The third kappa shape index (κ3) is 3.13. The molecule has 8 heteroatoms. The van der Waals surface area contributed by atoms with Crippen LogP contribution in [0.3, 0.4) is 0 Å². The van der Waals surface area contributed by atoms with Gasteiger partial charge in [0.15, 0.2) is 5.58 Å². The minimum Gasteiger partial charge on any atom is -0.489 e. The van der Waals surface area contributed by atoms with Gasteiger partial charge in [-0.05, 0) is 42.0 Å². The van der Waals surface area contributed by atoms with E-state index < -0.39 is 15.8 Å². The smallest absolute Gasteiger partial charge is 0.419 e. The predicted molar refractivity (Wildman–Crippen MR) is 83.6 cm³/mol. The molecular weight excluding hydrogens is 320 g/mol. The second-order valence-electron chi connectivity index (χ2n) is 5.03. The van der Waals surface area contributed by atoms with Crippen molar-refractivity contribution in [2.75, 3.05) is 0 Å². The average Bonchev–Trinajstić information content (AvgIpc) is 2.80. The second kappa shape index (κ2) is 5.56. The largest absolute Gasteiger partial charge is 0.489 e. The first-order valence-corrected chi connectivity index (χ1v) is 8.23. The molecule has 0 unspecified atom stereocenters. The quantitative estimate of drug-likeness (QED) is 0.775. The third-order valence-corrected chi connectivity index (χ3v) is 4.34. The van der Waals surface area contributed by atoms with Gasteiger partial charge in [0.05, 0.1) is 10.4 Å². The molecular formula is C15H14N2O5S. The van der Waals surface area contributed by atoms with Crippen molar-refractivity contribution in [3.8, 4) is 5.75 Å². The van der Waals surface area contributed by atoms with Gasteiger partial charge in [-0.2, -0.15) is 0 Å². The number of benzene rings is 2. The van der Waals surface area contributed by atoms with E-state index in [4.69, 9.17) is 14.3 Å². The van der Waals surface area contributed by atoms with E-state index in [1.54, 1.807) is 25.2 Å². The number of sulfonamides is 1. The molecule has 0 radical (unpaired) electrons. The molecule has 7 nitrogen and oxygen atoms in total. The maximum absolute atomic E-state index is 11.4. The number of oxazole rings is 1. The highest BCUT2D eigenvalue weighted by Gasteiger charge is 2.08. The molecule has 0 aliphatic carbocycles. The van der Waals surface area contributed by atoms with E-state index in [1.807, 2.05) is 0 Å². The van der Waals surface area contributed by atoms with Gasteiger partial charge in [-0.1, -0.05) is 6.07 Å². The zero-order chi connectivity index (χ0) is 16.6. The van der Waals surface area contributed by atoms with E-state index in [0.29, 0.717) is 16.8 Å². The summed E-state index contributed by atoms with van der Waals surface area (Å²) in [6.45, 7) is 0.268. The number of hydrogen-bond donors (Lipinski definition) is 1. The lowest BCUT2D eigenvalue weighted by Gasteiger charge is -2.07. The van der Waals surface area contributed by atoms with Gasteiger partial charge in [-0.15, -0.1) is 0 Å². The topological polar surface area (TPSA) is 105 Å². The van der Waals surface area contributed by atoms with Crippen molar-refractivity contribution in [2.24, 2.45) is 12.2 Å². The Hall–Kier alpha value is -2.58. The van der Waals surface area contributed by atoms with Crippen molar-refractivity contribution in [3.63, 3.8) is 0 Å². The van der Waals surface area contributed by atoms with Gasteiger partial charge in [-0.25, -0.2) is 18.4 Å². The van der Waals surface area contributed by atoms with Crippen LogP contribution >= 0.6 is 0 Å². The molecule has 0 saturated carbocycles. The molecule has 0 saturated heterocycles. The van der Waals surface area contributed by atoms with Gasteiger partial charge in [-0.3, -0.25) is 4.57 Å². The van der Waals surface area contributed by atoms with Crippen LogP contribution in [-0.4, -0.2) is 13.0 Å². The number of nitrogens with two attached hydrogens (primary N) is 1. The molecule has 23 heavy (non-hydrogen) atoms. The molecule has 120 valence electrons. The predicted octanol–water partition coefficient (Wildman–Crippen LogP) is 1.36. The van der Waals surface area contributed by atoms with E-state index in [0.717, 1.165) is 5.56 Å².